The zero-order valence-corrected chi connectivity index (χ0v) is 10.5. The molecule has 2 atom stereocenters. The molecule has 4 heteroatoms. The molecule has 0 saturated carbocycles. The molecule has 1 saturated heterocycles. The summed E-state index contributed by atoms with van der Waals surface area (Å²) in [5, 5.41) is 0. The van der Waals surface area contributed by atoms with Crippen molar-refractivity contribution in [3.05, 3.63) is 0 Å². The van der Waals surface area contributed by atoms with Crippen LogP contribution in [0.5, 0.6) is 0 Å². The van der Waals surface area contributed by atoms with Crippen molar-refractivity contribution >= 4 is 11.8 Å². The monoisotopic (exact) mass is 232 g/mol. The van der Waals surface area contributed by atoms with E-state index < -0.39 is 0 Å². The van der Waals surface area contributed by atoms with Gasteiger partial charge in [0.2, 0.25) is 0 Å². The smallest absolute Gasteiger partial charge is 0.0832 e. The highest BCUT2D eigenvalue weighted by Gasteiger charge is 2.23. The SMILES string of the molecule is CCCCCCC(NN)C1CSCCO1. The van der Waals surface area contributed by atoms with Crippen molar-refractivity contribution < 1.29 is 4.74 Å². The summed E-state index contributed by atoms with van der Waals surface area (Å²) < 4.78 is 5.72. The van der Waals surface area contributed by atoms with Crippen LogP contribution in [0, 0.1) is 0 Å². The number of hydrogen-bond donors (Lipinski definition) is 2. The summed E-state index contributed by atoms with van der Waals surface area (Å²) >= 11 is 1.97. The molecule has 1 fully saturated rings. The first-order valence-electron chi connectivity index (χ1n) is 6.04. The van der Waals surface area contributed by atoms with Crippen LogP contribution >= 0.6 is 11.8 Å². The number of unbranched alkanes of at least 4 members (excludes halogenated alkanes) is 3. The maximum atomic E-state index is 5.72. The van der Waals surface area contributed by atoms with E-state index in [4.69, 9.17) is 10.6 Å². The molecule has 0 aromatic heterocycles. The average molecular weight is 232 g/mol. The van der Waals surface area contributed by atoms with Gasteiger partial charge in [-0.1, -0.05) is 32.6 Å². The molecule has 0 radical (unpaired) electrons. The minimum absolute atomic E-state index is 0.315. The molecule has 0 aromatic rings. The molecule has 0 aromatic carbocycles. The molecule has 0 bridgehead atoms. The number of nitrogens with two attached hydrogens (primary N) is 1. The van der Waals surface area contributed by atoms with Crippen molar-refractivity contribution in [2.75, 3.05) is 18.1 Å². The van der Waals surface area contributed by atoms with Crippen LogP contribution in [0.1, 0.15) is 39.0 Å². The van der Waals surface area contributed by atoms with Gasteiger partial charge in [-0.3, -0.25) is 11.3 Å². The van der Waals surface area contributed by atoms with Gasteiger partial charge in [0.25, 0.3) is 0 Å². The number of ether oxygens (including phenoxy) is 1. The Labute approximate surface area is 97.5 Å². The first kappa shape index (κ1) is 13.3. The third-order valence-corrected chi connectivity index (χ3v) is 3.89. The van der Waals surface area contributed by atoms with Gasteiger partial charge in [0.1, 0.15) is 0 Å². The Morgan fingerprint density at radius 2 is 2.33 bits per heavy atom. The highest BCUT2D eigenvalue weighted by Crippen LogP contribution is 2.18. The van der Waals surface area contributed by atoms with Crippen LogP contribution in [-0.4, -0.2) is 30.3 Å². The number of thioether (sulfide) groups is 1. The Morgan fingerprint density at radius 3 is 2.93 bits per heavy atom. The Balaban J connectivity index is 2.15. The molecule has 0 spiro atoms. The normalized spacial score (nSPS) is 24.0. The van der Waals surface area contributed by atoms with Crippen LogP contribution < -0.4 is 11.3 Å². The van der Waals surface area contributed by atoms with Crippen LogP contribution in [0.3, 0.4) is 0 Å². The predicted molar refractivity (Wildman–Crippen MR) is 66.9 cm³/mol. The van der Waals surface area contributed by atoms with Crippen LogP contribution in [0.2, 0.25) is 0 Å². The van der Waals surface area contributed by atoms with Gasteiger partial charge in [-0.25, -0.2) is 0 Å². The van der Waals surface area contributed by atoms with E-state index in [0.29, 0.717) is 12.1 Å². The summed E-state index contributed by atoms with van der Waals surface area (Å²) in [6.45, 7) is 3.11. The van der Waals surface area contributed by atoms with Gasteiger partial charge in [0.05, 0.1) is 12.7 Å². The summed E-state index contributed by atoms with van der Waals surface area (Å²) in [5.74, 6) is 7.79. The number of rotatable bonds is 7. The fraction of sp³-hybridized carbons (Fsp3) is 1.00. The molecule has 1 heterocycles. The molecule has 3 nitrogen and oxygen atoms in total. The van der Waals surface area contributed by atoms with Gasteiger partial charge in [-0.05, 0) is 6.42 Å². The topological polar surface area (TPSA) is 47.3 Å². The predicted octanol–water partition coefficient (Wildman–Crippen LogP) is 1.92. The highest BCUT2D eigenvalue weighted by atomic mass is 32.2. The lowest BCUT2D eigenvalue weighted by molar-refractivity contribution is 0.0441. The van der Waals surface area contributed by atoms with Crippen molar-refractivity contribution in [2.24, 2.45) is 5.84 Å². The van der Waals surface area contributed by atoms with Crippen LogP contribution in [-0.2, 0) is 4.74 Å². The maximum Gasteiger partial charge on any atom is 0.0832 e. The molecule has 2 unspecified atom stereocenters. The first-order valence-corrected chi connectivity index (χ1v) is 7.19. The largest absolute Gasteiger partial charge is 0.375 e. The second-order valence-electron chi connectivity index (χ2n) is 4.11. The van der Waals surface area contributed by atoms with Gasteiger partial charge in [0.15, 0.2) is 0 Å². The van der Waals surface area contributed by atoms with E-state index >= 15 is 0 Å². The average Bonchev–Trinajstić information content (AvgIpc) is 2.30. The minimum atomic E-state index is 0.315. The summed E-state index contributed by atoms with van der Waals surface area (Å²) in [6, 6.07) is 0.342. The van der Waals surface area contributed by atoms with E-state index in [1.165, 1.54) is 25.7 Å². The van der Waals surface area contributed by atoms with Crippen LogP contribution in [0.4, 0.5) is 0 Å². The Hall–Kier alpha value is 0.230. The van der Waals surface area contributed by atoms with Gasteiger partial charge >= 0.3 is 0 Å². The lowest BCUT2D eigenvalue weighted by atomic mass is 10.0. The van der Waals surface area contributed by atoms with Gasteiger partial charge in [-0.2, -0.15) is 11.8 Å². The molecule has 1 aliphatic heterocycles. The van der Waals surface area contributed by atoms with Crippen molar-refractivity contribution in [1.29, 1.82) is 0 Å². The summed E-state index contributed by atoms with van der Waals surface area (Å²) in [4.78, 5) is 0. The standard InChI is InChI=1S/C11H24N2OS/c1-2-3-4-5-6-10(13-12)11-9-15-8-7-14-11/h10-11,13H,2-9,12H2,1H3. The number of hydrazine groups is 1. The lowest BCUT2D eigenvalue weighted by Crippen LogP contribution is -2.47. The van der Waals surface area contributed by atoms with E-state index in [1.54, 1.807) is 0 Å². The quantitative estimate of drug-likeness (QED) is 0.400. The molecule has 1 rings (SSSR count). The fourth-order valence-corrected chi connectivity index (χ4v) is 2.85. The molecule has 15 heavy (non-hydrogen) atoms. The van der Waals surface area contributed by atoms with E-state index in [1.807, 2.05) is 11.8 Å². The molecule has 90 valence electrons. The molecule has 3 N–H and O–H groups in total. The lowest BCUT2D eigenvalue weighted by Gasteiger charge is -2.29. The second kappa shape index (κ2) is 8.39. The molecule has 0 amide bonds. The zero-order chi connectivity index (χ0) is 10.9. The molecular weight excluding hydrogens is 208 g/mol. The van der Waals surface area contributed by atoms with E-state index in [0.717, 1.165) is 24.5 Å². The van der Waals surface area contributed by atoms with Crippen molar-refractivity contribution in [1.82, 2.24) is 5.43 Å². The first-order chi connectivity index (χ1) is 7.38. The molecule has 0 aliphatic carbocycles. The van der Waals surface area contributed by atoms with Gasteiger partial charge < -0.3 is 4.74 Å². The van der Waals surface area contributed by atoms with Gasteiger partial charge in [0, 0.05) is 17.5 Å². The van der Waals surface area contributed by atoms with Crippen LogP contribution in [0.15, 0.2) is 0 Å². The summed E-state index contributed by atoms with van der Waals surface area (Å²) in [6.07, 6.45) is 6.65. The Morgan fingerprint density at radius 1 is 1.47 bits per heavy atom. The van der Waals surface area contributed by atoms with Crippen molar-refractivity contribution in [3.8, 4) is 0 Å². The number of nitrogens with one attached hydrogen (secondary N) is 1. The zero-order valence-electron chi connectivity index (χ0n) is 9.71. The Bertz CT molecular complexity index is 152. The van der Waals surface area contributed by atoms with E-state index in [2.05, 4.69) is 12.3 Å². The third kappa shape index (κ3) is 5.20. The highest BCUT2D eigenvalue weighted by molar-refractivity contribution is 7.99. The van der Waals surface area contributed by atoms with Crippen molar-refractivity contribution in [3.63, 3.8) is 0 Å². The third-order valence-electron chi connectivity index (χ3n) is 2.87. The van der Waals surface area contributed by atoms with Gasteiger partial charge in [-0.15, -0.1) is 0 Å². The Kier molecular flexibility index (Phi) is 7.44. The summed E-state index contributed by atoms with van der Waals surface area (Å²) in [5.41, 5.74) is 2.91. The van der Waals surface area contributed by atoms with Crippen LogP contribution in [0.25, 0.3) is 0 Å². The number of hydrogen-bond acceptors (Lipinski definition) is 4. The maximum absolute atomic E-state index is 5.72. The van der Waals surface area contributed by atoms with E-state index in [9.17, 15) is 0 Å². The molecule has 1 aliphatic rings. The van der Waals surface area contributed by atoms with Crippen molar-refractivity contribution in [2.45, 2.75) is 51.2 Å². The minimum Gasteiger partial charge on any atom is -0.375 e. The fourth-order valence-electron chi connectivity index (χ4n) is 1.91. The molecular formula is C11H24N2OS. The van der Waals surface area contributed by atoms with E-state index in [-0.39, 0.29) is 0 Å². The summed E-state index contributed by atoms with van der Waals surface area (Å²) in [7, 11) is 0. The second-order valence-corrected chi connectivity index (χ2v) is 5.26.